The molecule has 0 radical (unpaired) electrons. The van der Waals surface area contributed by atoms with Crippen LogP contribution in [0.5, 0.6) is 0 Å². The standard InChI is InChI=1S/C14H27N3O3S/c1-3-12-21(19,20)17-6-4-13(5-7-17)14(18)16-10-8-15(2)9-11-16/h13H,3-12H2,1-2H3. The number of hydrogen-bond donors (Lipinski definition) is 0. The predicted molar refractivity (Wildman–Crippen MR) is 82.5 cm³/mol. The van der Waals surface area contributed by atoms with E-state index in [1.165, 1.54) is 0 Å². The fourth-order valence-electron chi connectivity index (χ4n) is 3.05. The van der Waals surface area contributed by atoms with Crippen LogP contribution < -0.4 is 0 Å². The van der Waals surface area contributed by atoms with Gasteiger partial charge < -0.3 is 9.80 Å². The Morgan fingerprint density at radius 2 is 1.62 bits per heavy atom. The molecule has 0 saturated carbocycles. The molecule has 0 N–H and O–H groups in total. The highest BCUT2D eigenvalue weighted by Gasteiger charge is 2.33. The monoisotopic (exact) mass is 317 g/mol. The molecule has 0 unspecified atom stereocenters. The number of rotatable bonds is 4. The van der Waals surface area contributed by atoms with Crippen molar-refractivity contribution in [3.63, 3.8) is 0 Å². The summed E-state index contributed by atoms with van der Waals surface area (Å²) in [4.78, 5) is 16.7. The Morgan fingerprint density at radius 3 is 2.14 bits per heavy atom. The van der Waals surface area contributed by atoms with Crippen LogP contribution >= 0.6 is 0 Å². The zero-order valence-electron chi connectivity index (χ0n) is 13.1. The molecule has 0 aromatic rings. The number of piperazine rings is 1. The Labute approximate surface area is 128 Å². The number of hydrogen-bond acceptors (Lipinski definition) is 4. The van der Waals surface area contributed by atoms with Crippen molar-refractivity contribution in [3.8, 4) is 0 Å². The van der Waals surface area contributed by atoms with E-state index in [4.69, 9.17) is 0 Å². The van der Waals surface area contributed by atoms with Crippen molar-refractivity contribution < 1.29 is 13.2 Å². The van der Waals surface area contributed by atoms with Crippen LogP contribution in [-0.2, 0) is 14.8 Å². The summed E-state index contributed by atoms with van der Waals surface area (Å²) in [5.41, 5.74) is 0. The minimum absolute atomic E-state index is 0.00137. The van der Waals surface area contributed by atoms with Crippen molar-refractivity contribution in [2.24, 2.45) is 5.92 Å². The number of amides is 1. The molecule has 21 heavy (non-hydrogen) atoms. The highest BCUT2D eigenvalue weighted by Crippen LogP contribution is 2.22. The average molecular weight is 317 g/mol. The van der Waals surface area contributed by atoms with E-state index in [-0.39, 0.29) is 17.6 Å². The summed E-state index contributed by atoms with van der Waals surface area (Å²) in [7, 11) is -1.04. The van der Waals surface area contributed by atoms with Crippen molar-refractivity contribution in [3.05, 3.63) is 0 Å². The molecular weight excluding hydrogens is 290 g/mol. The normalized spacial score (nSPS) is 23.4. The number of likely N-dealkylation sites (N-methyl/N-ethyl adjacent to an activating group) is 1. The molecule has 0 bridgehead atoms. The van der Waals surface area contributed by atoms with Gasteiger partial charge in [0.15, 0.2) is 0 Å². The maximum Gasteiger partial charge on any atom is 0.225 e. The maximum atomic E-state index is 12.5. The quantitative estimate of drug-likeness (QED) is 0.744. The molecule has 0 spiro atoms. The van der Waals surface area contributed by atoms with Gasteiger partial charge in [-0.1, -0.05) is 6.92 Å². The van der Waals surface area contributed by atoms with Crippen LogP contribution in [0.2, 0.25) is 0 Å². The largest absolute Gasteiger partial charge is 0.340 e. The minimum Gasteiger partial charge on any atom is -0.340 e. The Balaban J connectivity index is 1.85. The van der Waals surface area contributed by atoms with E-state index in [9.17, 15) is 13.2 Å². The summed E-state index contributed by atoms with van der Waals surface area (Å²) < 4.78 is 25.6. The van der Waals surface area contributed by atoms with Gasteiger partial charge in [0.25, 0.3) is 0 Å². The van der Waals surface area contributed by atoms with Gasteiger partial charge in [-0.2, -0.15) is 0 Å². The van der Waals surface area contributed by atoms with E-state index in [1.54, 1.807) is 4.31 Å². The molecule has 2 saturated heterocycles. The van der Waals surface area contributed by atoms with Gasteiger partial charge in [-0.05, 0) is 26.3 Å². The second-order valence-electron chi connectivity index (χ2n) is 6.12. The third kappa shape index (κ3) is 4.17. The van der Waals surface area contributed by atoms with Crippen molar-refractivity contribution in [1.29, 1.82) is 0 Å². The molecule has 2 aliphatic rings. The first kappa shape index (κ1) is 16.7. The van der Waals surface area contributed by atoms with Gasteiger partial charge in [0.05, 0.1) is 5.75 Å². The molecule has 1 amide bonds. The van der Waals surface area contributed by atoms with Crippen LogP contribution in [-0.4, -0.2) is 80.5 Å². The summed E-state index contributed by atoms with van der Waals surface area (Å²) in [5, 5.41) is 0. The predicted octanol–water partition coefficient (Wildman–Crippen LogP) is 0.212. The second-order valence-corrected chi connectivity index (χ2v) is 8.21. The van der Waals surface area contributed by atoms with E-state index in [0.29, 0.717) is 32.4 Å². The van der Waals surface area contributed by atoms with E-state index in [2.05, 4.69) is 11.9 Å². The Bertz CT molecular complexity index is 450. The van der Waals surface area contributed by atoms with Crippen molar-refractivity contribution in [2.75, 3.05) is 52.1 Å². The number of sulfonamides is 1. The van der Waals surface area contributed by atoms with Crippen molar-refractivity contribution in [1.82, 2.24) is 14.1 Å². The van der Waals surface area contributed by atoms with Gasteiger partial charge in [-0.3, -0.25) is 4.79 Å². The van der Waals surface area contributed by atoms with Gasteiger partial charge in [0.2, 0.25) is 15.9 Å². The summed E-state index contributed by atoms with van der Waals surface area (Å²) in [6, 6.07) is 0. The lowest BCUT2D eigenvalue weighted by Gasteiger charge is -2.37. The zero-order valence-corrected chi connectivity index (χ0v) is 13.9. The molecular formula is C14H27N3O3S. The lowest BCUT2D eigenvalue weighted by Crippen LogP contribution is -2.51. The lowest BCUT2D eigenvalue weighted by atomic mass is 9.96. The number of piperidine rings is 1. The molecule has 0 aliphatic carbocycles. The molecule has 0 aromatic heterocycles. The van der Waals surface area contributed by atoms with E-state index < -0.39 is 10.0 Å². The first-order valence-electron chi connectivity index (χ1n) is 7.89. The van der Waals surface area contributed by atoms with Crippen LogP contribution in [0.1, 0.15) is 26.2 Å². The summed E-state index contributed by atoms with van der Waals surface area (Å²) >= 11 is 0. The third-order valence-electron chi connectivity index (χ3n) is 4.47. The van der Waals surface area contributed by atoms with Gasteiger partial charge in [0, 0.05) is 45.2 Å². The topological polar surface area (TPSA) is 60.9 Å². The van der Waals surface area contributed by atoms with Gasteiger partial charge in [0.1, 0.15) is 0 Å². The molecule has 2 rings (SSSR count). The average Bonchev–Trinajstić information content (AvgIpc) is 2.47. The summed E-state index contributed by atoms with van der Waals surface area (Å²) in [6.07, 6.45) is 1.96. The van der Waals surface area contributed by atoms with Crippen LogP contribution in [0.4, 0.5) is 0 Å². The highest BCUT2D eigenvalue weighted by molar-refractivity contribution is 7.89. The second kappa shape index (κ2) is 7.07. The fraction of sp³-hybridized carbons (Fsp3) is 0.929. The Hall–Kier alpha value is -0.660. The van der Waals surface area contributed by atoms with Crippen LogP contribution in [0, 0.1) is 5.92 Å². The molecule has 0 aromatic carbocycles. The molecule has 0 atom stereocenters. The van der Waals surface area contributed by atoms with Crippen LogP contribution in [0.3, 0.4) is 0 Å². The van der Waals surface area contributed by atoms with E-state index >= 15 is 0 Å². The molecule has 2 fully saturated rings. The first-order valence-corrected chi connectivity index (χ1v) is 9.50. The van der Waals surface area contributed by atoms with Gasteiger partial charge >= 0.3 is 0 Å². The highest BCUT2D eigenvalue weighted by atomic mass is 32.2. The molecule has 2 heterocycles. The maximum absolute atomic E-state index is 12.5. The molecule has 122 valence electrons. The SMILES string of the molecule is CCCS(=O)(=O)N1CCC(C(=O)N2CCN(C)CC2)CC1. The third-order valence-corrected chi connectivity index (χ3v) is 6.55. The molecule has 6 nitrogen and oxygen atoms in total. The zero-order chi connectivity index (χ0) is 15.5. The minimum atomic E-state index is -3.11. The van der Waals surface area contributed by atoms with E-state index in [1.807, 2.05) is 11.8 Å². The number of nitrogens with zero attached hydrogens (tertiary/aromatic N) is 3. The van der Waals surface area contributed by atoms with Gasteiger partial charge in [-0.15, -0.1) is 0 Å². The Kier molecular flexibility index (Phi) is 5.62. The first-order chi connectivity index (χ1) is 9.94. The molecule has 2 aliphatic heterocycles. The smallest absolute Gasteiger partial charge is 0.225 e. The molecule has 7 heteroatoms. The summed E-state index contributed by atoms with van der Waals surface area (Å²) in [5.74, 6) is 0.432. The summed E-state index contributed by atoms with van der Waals surface area (Å²) in [6.45, 7) is 6.30. The lowest BCUT2D eigenvalue weighted by molar-refractivity contribution is -0.138. The van der Waals surface area contributed by atoms with Crippen LogP contribution in [0.25, 0.3) is 0 Å². The fourth-order valence-corrected chi connectivity index (χ4v) is 4.59. The van der Waals surface area contributed by atoms with E-state index in [0.717, 1.165) is 26.2 Å². The van der Waals surface area contributed by atoms with Gasteiger partial charge in [-0.25, -0.2) is 12.7 Å². The van der Waals surface area contributed by atoms with Crippen molar-refractivity contribution >= 4 is 15.9 Å². The van der Waals surface area contributed by atoms with Crippen LogP contribution in [0.15, 0.2) is 0 Å². The van der Waals surface area contributed by atoms with Crippen molar-refractivity contribution in [2.45, 2.75) is 26.2 Å². The number of carbonyl (C=O) groups is 1. The number of carbonyl (C=O) groups excluding carboxylic acids is 1. The Morgan fingerprint density at radius 1 is 1.05 bits per heavy atom.